The number of imidazole rings is 1. The largest absolute Gasteiger partial charge is 0.481 e. The molecule has 0 saturated carbocycles. The highest BCUT2D eigenvalue weighted by molar-refractivity contribution is 7.99. The molecule has 18 heavy (non-hydrogen) atoms. The van der Waals surface area contributed by atoms with Crippen LogP contribution in [-0.2, 0) is 17.8 Å². The number of carboxylic acids is 1. The second-order valence-corrected chi connectivity index (χ2v) is 5.60. The van der Waals surface area contributed by atoms with E-state index in [0.717, 1.165) is 28.8 Å². The topological polar surface area (TPSA) is 68.0 Å². The van der Waals surface area contributed by atoms with Gasteiger partial charge in [-0.25, -0.2) is 9.97 Å². The predicted molar refractivity (Wildman–Crippen MR) is 71.1 cm³/mol. The lowest BCUT2D eigenvalue weighted by Crippen LogP contribution is -2.04. The minimum atomic E-state index is -0.829. The standard InChI is InChI=1S/C11H13N3O2S2/c1-8-6-17-9(13-8)2-4-14-5-3-12-11(14)18-7-10(15)16/h3,5-6H,2,4,7H2,1H3,(H,15,16). The number of aromatic nitrogens is 3. The molecule has 0 bridgehead atoms. The molecule has 0 aliphatic heterocycles. The highest BCUT2D eigenvalue weighted by Gasteiger charge is 2.07. The Morgan fingerprint density at radius 3 is 3.11 bits per heavy atom. The molecule has 5 nitrogen and oxygen atoms in total. The number of thiazole rings is 1. The van der Waals surface area contributed by atoms with E-state index in [0.29, 0.717) is 0 Å². The summed E-state index contributed by atoms with van der Waals surface area (Å²) < 4.78 is 1.96. The third-order valence-electron chi connectivity index (χ3n) is 2.24. The highest BCUT2D eigenvalue weighted by Crippen LogP contribution is 2.17. The summed E-state index contributed by atoms with van der Waals surface area (Å²) in [6.07, 6.45) is 4.40. The number of hydrogen-bond donors (Lipinski definition) is 1. The van der Waals surface area contributed by atoms with E-state index in [1.807, 2.05) is 23.1 Å². The van der Waals surface area contributed by atoms with Crippen molar-refractivity contribution in [2.75, 3.05) is 5.75 Å². The molecule has 0 fully saturated rings. The van der Waals surface area contributed by atoms with Crippen molar-refractivity contribution in [3.63, 3.8) is 0 Å². The number of aliphatic carboxylic acids is 1. The molecule has 0 atom stereocenters. The van der Waals surface area contributed by atoms with Gasteiger partial charge in [0.05, 0.1) is 10.8 Å². The maximum Gasteiger partial charge on any atom is 0.313 e. The van der Waals surface area contributed by atoms with E-state index in [4.69, 9.17) is 5.11 Å². The molecule has 2 aromatic heterocycles. The number of carboxylic acid groups (broad SMARTS) is 1. The summed E-state index contributed by atoms with van der Waals surface area (Å²) in [5, 5.41) is 12.5. The van der Waals surface area contributed by atoms with Gasteiger partial charge in [-0.1, -0.05) is 11.8 Å². The van der Waals surface area contributed by atoms with Crippen LogP contribution >= 0.6 is 23.1 Å². The lowest BCUT2D eigenvalue weighted by atomic mass is 10.4. The molecule has 1 N–H and O–H groups in total. The maximum absolute atomic E-state index is 10.5. The molecule has 2 rings (SSSR count). The molecule has 96 valence electrons. The molecule has 0 saturated heterocycles. The normalized spacial score (nSPS) is 10.7. The van der Waals surface area contributed by atoms with Crippen LogP contribution in [0.5, 0.6) is 0 Å². The summed E-state index contributed by atoms with van der Waals surface area (Å²) in [6.45, 7) is 2.75. The van der Waals surface area contributed by atoms with Crippen molar-refractivity contribution < 1.29 is 9.90 Å². The minimum Gasteiger partial charge on any atom is -0.481 e. The number of rotatable bonds is 6. The molecule has 0 aromatic carbocycles. The van der Waals surface area contributed by atoms with Gasteiger partial charge in [-0.15, -0.1) is 11.3 Å². The molecule has 7 heteroatoms. The first-order chi connectivity index (χ1) is 8.65. The molecule has 0 spiro atoms. The summed E-state index contributed by atoms with van der Waals surface area (Å²) in [5.74, 6) is -0.794. The van der Waals surface area contributed by atoms with Crippen molar-refractivity contribution in [1.29, 1.82) is 0 Å². The van der Waals surface area contributed by atoms with E-state index in [2.05, 4.69) is 9.97 Å². The smallest absolute Gasteiger partial charge is 0.313 e. The average Bonchev–Trinajstić information content (AvgIpc) is 2.92. The lowest BCUT2D eigenvalue weighted by molar-refractivity contribution is -0.133. The Morgan fingerprint density at radius 1 is 1.61 bits per heavy atom. The molecular weight excluding hydrogens is 270 g/mol. The van der Waals surface area contributed by atoms with Gasteiger partial charge in [-0.2, -0.15) is 0 Å². The summed E-state index contributed by atoms with van der Waals surface area (Å²) >= 11 is 2.89. The first kappa shape index (κ1) is 13.1. The fourth-order valence-corrected chi connectivity index (χ4v) is 2.94. The highest BCUT2D eigenvalue weighted by atomic mass is 32.2. The molecule has 0 amide bonds. The second kappa shape index (κ2) is 6.01. The van der Waals surface area contributed by atoms with Gasteiger partial charge in [-0.05, 0) is 6.92 Å². The van der Waals surface area contributed by atoms with Gasteiger partial charge >= 0.3 is 5.97 Å². The van der Waals surface area contributed by atoms with Crippen LogP contribution in [-0.4, -0.2) is 31.4 Å². The van der Waals surface area contributed by atoms with Crippen LogP contribution in [0.4, 0.5) is 0 Å². The molecule has 0 aliphatic rings. The van der Waals surface area contributed by atoms with Gasteiger partial charge in [-0.3, -0.25) is 4.79 Å². The third-order valence-corrected chi connectivity index (χ3v) is 4.25. The number of thioether (sulfide) groups is 1. The Morgan fingerprint density at radius 2 is 2.44 bits per heavy atom. The van der Waals surface area contributed by atoms with Crippen molar-refractivity contribution in [3.8, 4) is 0 Å². The van der Waals surface area contributed by atoms with Gasteiger partial charge < -0.3 is 9.67 Å². The summed E-state index contributed by atoms with van der Waals surface area (Å²) in [4.78, 5) is 19.1. The lowest BCUT2D eigenvalue weighted by Gasteiger charge is -2.04. The SMILES string of the molecule is Cc1csc(CCn2ccnc2SCC(=O)O)n1. The number of nitrogens with zero attached hydrogens (tertiary/aromatic N) is 3. The van der Waals surface area contributed by atoms with Crippen LogP contribution in [0.2, 0.25) is 0 Å². The second-order valence-electron chi connectivity index (χ2n) is 3.72. The van der Waals surface area contributed by atoms with Gasteiger partial charge in [0.1, 0.15) is 0 Å². The molecule has 0 unspecified atom stereocenters. The summed E-state index contributed by atoms with van der Waals surface area (Å²) in [5.41, 5.74) is 1.04. The zero-order valence-electron chi connectivity index (χ0n) is 9.87. The fraction of sp³-hybridized carbons (Fsp3) is 0.364. The van der Waals surface area contributed by atoms with Crippen LogP contribution in [0.1, 0.15) is 10.7 Å². The number of aryl methyl sites for hydroxylation is 3. The van der Waals surface area contributed by atoms with E-state index in [1.165, 1.54) is 11.8 Å². The molecule has 0 radical (unpaired) electrons. The number of carbonyl (C=O) groups is 1. The third kappa shape index (κ3) is 3.58. The Labute approximate surface area is 113 Å². The zero-order valence-corrected chi connectivity index (χ0v) is 11.5. The van der Waals surface area contributed by atoms with Crippen LogP contribution in [0.15, 0.2) is 22.9 Å². The average molecular weight is 283 g/mol. The first-order valence-corrected chi connectivity index (χ1v) is 7.28. The van der Waals surface area contributed by atoms with E-state index in [9.17, 15) is 4.79 Å². The van der Waals surface area contributed by atoms with Crippen LogP contribution < -0.4 is 0 Å². The van der Waals surface area contributed by atoms with Gasteiger partial charge in [0.2, 0.25) is 0 Å². The van der Waals surface area contributed by atoms with Crippen molar-refractivity contribution >= 4 is 29.1 Å². The summed E-state index contributed by atoms with van der Waals surface area (Å²) in [6, 6.07) is 0. The monoisotopic (exact) mass is 283 g/mol. The van der Waals surface area contributed by atoms with Gasteiger partial charge in [0.15, 0.2) is 5.16 Å². The molecular formula is C11H13N3O2S2. The first-order valence-electron chi connectivity index (χ1n) is 5.42. The Balaban J connectivity index is 1.93. The number of hydrogen-bond acceptors (Lipinski definition) is 5. The quantitative estimate of drug-likeness (QED) is 0.822. The molecule has 0 aliphatic carbocycles. The zero-order chi connectivity index (χ0) is 13.0. The Hall–Kier alpha value is -1.34. The maximum atomic E-state index is 10.5. The van der Waals surface area contributed by atoms with Crippen LogP contribution in [0, 0.1) is 6.92 Å². The van der Waals surface area contributed by atoms with E-state index in [-0.39, 0.29) is 5.75 Å². The van der Waals surface area contributed by atoms with Gasteiger partial charge in [0, 0.05) is 36.4 Å². The van der Waals surface area contributed by atoms with Crippen molar-refractivity contribution in [3.05, 3.63) is 28.5 Å². The predicted octanol–water partition coefficient (Wildman–Crippen LogP) is 2.07. The van der Waals surface area contributed by atoms with E-state index in [1.54, 1.807) is 17.5 Å². The Bertz CT molecular complexity index is 536. The van der Waals surface area contributed by atoms with Crippen LogP contribution in [0.3, 0.4) is 0 Å². The van der Waals surface area contributed by atoms with Crippen LogP contribution in [0.25, 0.3) is 0 Å². The van der Waals surface area contributed by atoms with Gasteiger partial charge in [0.25, 0.3) is 0 Å². The molecule has 2 aromatic rings. The Kier molecular flexibility index (Phi) is 4.38. The van der Waals surface area contributed by atoms with E-state index >= 15 is 0 Å². The van der Waals surface area contributed by atoms with Crippen molar-refractivity contribution in [2.24, 2.45) is 0 Å². The van der Waals surface area contributed by atoms with Crippen molar-refractivity contribution in [2.45, 2.75) is 25.0 Å². The fourth-order valence-electron chi connectivity index (χ4n) is 1.47. The molecule has 2 heterocycles. The van der Waals surface area contributed by atoms with E-state index < -0.39 is 5.97 Å². The minimum absolute atomic E-state index is 0.0351. The van der Waals surface area contributed by atoms with Crippen molar-refractivity contribution in [1.82, 2.24) is 14.5 Å². The summed E-state index contributed by atoms with van der Waals surface area (Å²) in [7, 11) is 0.